The summed E-state index contributed by atoms with van der Waals surface area (Å²) >= 11 is 5.46. The first-order valence-electron chi connectivity index (χ1n) is 7.70. The molecule has 2 heterocycles. The van der Waals surface area contributed by atoms with Gasteiger partial charge in [-0.1, -0.05) is 12.1 Å². The van der Waals surface area contributed by atoms with Crippen LogP contribution in [0.3, 0.4) is 0 Å². The Kier molecular flexibility index (Phi) is 4.22. The number of nitrogens with zero attached hydrogens (tertiary/aromatic N) is 1. The average Bonchev–Trinajstić information content (AvgIpc) is 2.46. The quantitative estimate of drug-likeness (QED) is 0.817. The zero-order chi connectivity index (χ0) is 16.4. The molecule has 2 aromatic rings. The van der Waals surface area contributed by atoms with Gasteiger partial charge in [0.2, 0.25) is 0 Å². The third-order valence-corrected chi connectivity index (χ3v) is 4.09. The number of aryl methyl sites for hydroxylation is 1. The van der Waals surface area contributed by atoms with Gasteiger partial charge in [-0.05, 0) is 56.8 Å². The Hall–Kier alpha value is -2.14. The van der Waals surface area contributed by atoms with Gasteiger partial charge < -0.3 is 15.4 Å². The van der Waals surface area contributed by atoms with Crippen LogP contribution >= 0.6 is 12.2 Å². The van der Waals surface area contributed by atoms with Crippen molar-refractivity contribution in [3.8, 4) is 5.75 Å². The average molecular weight is 327 g/mol. The number of pyridine rings is 1. The van der Waals surface area contributed by atoms with Crippen LogP contribution in [0.2, 0.25) is 0 Å². The Balaban J connectivity index is 1.78. The summed E-state index contributed by atoms with van der Waals surface area (Å²) in [7, 11) is 0. The number of anilines is 1. The molecule has 0 fully saturated rings. The molecule has 0 spiro atoms. The zero-order valence-corrected chi connectivity index (χ0v) is 14.4. The maximum Gasteiger partial charge on any atom is 0.171 e. The lowest BCUT2D eigenvalue weighted by Crippen LogP contribution is -2.42. The first-order valence-corrected chi connectivity index (χ1v) is 8.11. The minimum absolute atomic E-state index is 0.121. The van der Waals surface area contributed by atoms with Crippen molar-refractivity contribution in [2.75, 3.05) is 5.32 Å². The van der Waals surface area contributed by atoms with Crippen molar-refractivity contribution in [1.29, 1.82) is 0 Å². The predicted molar refractivity (Wildman–Crippen MR) is 96.8 cm³/mol. The second-order valence-corrected chi connectivity index (χ2v) is 6.90. The molecule has 120 valence electrons. The lowest BCUT2D eigenvalue weighted by molar-refractivity contribution is 0.0696. The Morgan fingerprint density at radius 1 is 1.26 bits per heavy atom. The van der Waals surface area contributed by atoms with E-state index in [1.807, 2.05) is 12.1 Å². The summed E-state index contributed by atoms with van der Waals surface area (Å²) in [5.74, 6) is 0.936. The van der Waals surface area contributed by atoms with Gasteiger partial charge in [-0.25, -0.2) is 0 Å². The Morgan fingerprint density at radius 3 is 2.74 bits per heavy atom. The van der Waals surface area contributed by atoms with Gasteiger partial charge in [0.1, 0.15) is 11.4 Å². The molecule has 0 amide bonds. The third kappa shape index (κ3) is 3.79. The summed E-state index contributed by atoms with van der Waals surface area (Å²) in [6, 6.07) is 10.2. The normalized spacial score (nSPS) is 18.5. The smallest absolute Gasteiger partial charge is 0.171 e. The van der Waals surface area contributed by atoms with E-state index in [4.69, 9.17) is 17.0 Å². The van der Waals surface area contributed by atoms with Crippen LogP contribution in [0.1, 0.15) is 37.4 Å². The highest BCUT2D eigenvalue weighted by atomic mass is 32.1. The van der Waals surface area contributed by atoms with Gasteiger partial charge >= 0.3 is 0 Å². The lowest BCUT2D eigenvalue weighted by atomic mass is 9.89. The van der Waals surface area contributed by atoms with E-state index in [1.165, 1.54) is 5.56 Å². The van der Waals surface area contributed by atoms with E-state index in [-0.39, 0.29) is 11.6 Å². The number of thiocarbonyl (C=S) groups is 1. The molecule has 5 heteroatoms. The van der Waals surface area contributed by atoms with Gasteiger partial charge in [-0.15, -0.1) is 0 Å². The van der Waals surface area contributed by atoms with Crippen LogP contribution in [-0.4, -0.2) is 15.7 Å². The molecular formula is C18H21N3OS. The molecule has 1 aliphatic heterocycles. The third-order valence-electron chi connectivity index (χ3n) is 3.87. The summed E-state index contributed by atoms with van der Waals surface area (Å²) in [4.78, 5) is 4.01. The second-order valence-electron chi connectivity index (χ2n) is 6.49. The maximum atomic E-state index is 6.12. The van der Waals surface area contributed by atoms with Crippen molar-refractivity contribution in [3.63, 3.8) is 0 Å². The molecule has 4 nitrogen and oxygen atoms in total. The Bertz CT molecular complexity index is 715. The molecule has 0 saturated carbocycles. The summed E-state index contributed by atoms with van der Waals surface area (Å²) in [5.41, 5.74) is 3.03. The first kappa shape index (κ1) is 15.7. The van der Waals surface area contributed by atoms with Crippen molar-refractivity contribution in [2.24, 2.45) is 0 Å². The van der Waals surface area contributed by atoms with Gasteiger partial charge in [-0.2, -0.15) is 0 Å². The van der Waals surface area contributed by atoms with Gasteiger partial charge in [0.25, 0.3) is 0 Å². The van der Waals surface area contributed by atoms with Crippen molar-refractivity contribution in [2.45, 2.75) is 38.8 Å². The van der Waals surface area contributed by atoms with Crippen molar-refractivity contribution < 1.29 is 4.74 Å². The summed E-state index contributed by atoms with van der Waals surface area (Å²) in [5, 5.41) is 7.22. The first-order chi connectivity index (χ1) is 10.9. The van der Waals surface area contributed by atoms with E-state index in [0.29, 0.717) is 5.11 Å². The molecule has 1 aromatic carbocycles. The number of fused-ring (bicyclic) bond motifs is 1. The lowest BCUT2D eigenvalue weighted by Gasteiger charge is -2.38. The van der Waals surface area contributed by atoms with Crippen molar-refractivity contribution >= 4 is 23.0 Å². The Labute approximate surface area is 142 Å². The number of benzene rings is 1. The molecule has 1 aromatic heterocycles. The van der Waals surface area contributed by atoms with Crippen LogP contribution < -0.4 is 15.4 Å². The fourth-order valence-electron chi connectivity index (χ4n) is 2.85. The van der Waals surface area contributed by atoms with Gasteiger partial charge in [0.05, 0.1) is 6.04 Å². The van der Waals surface area contributed by atoms with Crippen molar-refractivity contribution in [1.82, 2.24) is 10.3 Å². The van der Waals surface area contributed by atoms with Crippen LogP contribution in [0.5, 0.6) is 5.75 Å². The molecule has 23 heavy (non-hydrogen) atoms. The van der Waals surface area contributed by atoms with E-state index in [0.717, 1.165) is 23.4 Å². The predicted octanol–water partition coefficient (Wildman–Crippen LogP) is 3.98. The SMILES string of the molecule is Cc1ccc2c(c1)OC(C)(C)C[C@H]2NC(=S)Nc1ccncc1. The number of aromatic nitrogens is 1. The molecule has 1 atom stereocenters. The largest absolute Gasteiger partial charge is 0.487 e. The Morgan fingerprint density at radius 2 is 2.00 bits per heavy atom. The summed E-state index contributed by atoms with van der Waals surface area (Å²) < 4.78 is 6.12. The minimum atomic E-state index is -0.231. The van der Waals surface area contributed by atoms with Crippen LogP contribution in [0.25, 0.3) is 0 Å². The minimum Gasteiger partial charge on any atom is -0.487 e. The van der Waals surface area contributed by atoms with E-state index in [9.17, 15) is 0 Å². The monoisotopic (exact) mass is 327 g/mol. The van der Waals surface area contributed by atoms with E-state index < -0.39 is 0 Å². The van der Waals surface area contributed by atoms with Crippen LogP contribution in [0.15, 0.2) is 42.7 Å². The second kappa shape index (κ2) is 6.16. The van der Waals surface area contributed by atoms with Crippen LogP contribution in [-0.2, 0) is 0 Å². The van der Waals surface area contributed by atoms with E-state index in [2.05, 4.69) is 54.6 Å². The molecule has 0 radical (unpaired) electrons. The summed E-state index contributed by atoms with van der Waals surface area (Å²) in [6.45, 7) is 6.28. The molecule has 0 saturated heterocycles. The molecule has 0 bridgehead atoms. The van der Waals surface area contributed by atoms with Gasteiger partial charge in [0, 0.05) is 30.1 Å². The number of rotatable bonds is 2. The highest BCUT2D eigenvalue weighted by molar-refractivity contribution is 7.80. The van der Waals surface area contributed by atoms with Crippen LogP contribution in [0.4, 0.5) is 5.69 Å². The molecule has 0 unspecified atom stereocenters. The molecule has 3 rings (SSSR count). The number of hydrogen-bond acceptors (Lipinski definition) is 3. The topological polar surface area (TPSA) is 46.2 Å². The van der Waals surface area contributed by atoms with Gasteiger partial charge in [0.15, 0.2) is 5.11 Å². The molecule has 2 N–H and O–H groups in total. The highest BCUT2D eigenvalue weighted by Gasteiger charge is 2.34. The summed E-state index contributed by atoms with van der Waals surface area (Å²) in [6.07, 6.45) is 4.32. The fourth-order valence-corrected chi connectivity index (χ4v) is 3.11. The van der Waals surface area contributed by atoms with Gasteiger partial charge in [-0.3, -0.25) is 4.98 Å². The molecule has 1 aliphatic rings. The number of hydrogen-bond donors (Lipinski definition) is 2. The van der Waals surface area contributed by atoms with E-state index >= 15 is 0 Å². The van der Waals surface area contributed by atoms with Crippen LogP contribution in [0, 0.1) is 6.92 Å². The number of nitrogens with one attached hydrogen (secondary N) is 2. The molecular weight excluding hydrogens is 306 g/mol. The zero-order valence-electron chi connectivity index (χ0n) is 13.6. The fraction of sp³-hybridized carbons (Fsp3) is 0.333. The number of ether oxygens (including phenoxy) is 1. The molecule has 0 aliphatic carbocycles. The maximum absolute atomic E-state index is 6.12. The van der Waals surface area contributed by atoms with Crippen molar-refractivity contribution in [3.05, 3.63) is 53.9 Å². The standard InChI is InChI=1S/C18H21N3OS/c1-12-4-5-14-15(11-18(2,3)22-16(14)10-12)21-17(23)20-13-6-8-19-9-7-13/h4-10,15H,11H2,1-3H3,(H2,19,20,21,23)/t15-/m1/s1. The van der Waals surface area contributed by atoms with E-state index in [1.54, 1.807) is 12.4 Å². The highest BCUT2D eigenvalue weighted by Crippen LogP contribution is 2.39.